The van der Waals surface area contributed by atoms with E-state index in [1.807, 2.05) is 0 Å². The minimum absolute atomic E-state index is 0.128. The lowest BCUT2D eigenvalue weighted by Crippen LogP contribution is -2.57. The molecule has 2 aliphatic rings. The summed E-state index contributed by atoms with van der Waals surface area (Å²) in [5.74, 6) is -3.10. The van der Waals surface area contributed by atoms with Crippen LogP contribution in [0.15, 0.2) is 22.7 Å². The van der Waals surface area contributed by atoms with Crippen LogP contribution in [0, 0.1) is 0 Å². The van der Waals surface area contributed by atoms with Gasteiger partial charge < -0.3 is 15.2 Å². The van der Waals surface area contributed by atoms with Crippen LogP contribution in [-0.4, -0.2) is 59.0 Å². The number of carboxylic acids is 1. The predicted molar refractivity (Wildman–Crippen MR) is 83.5 cm³/mol. The van der Waals surface area contributed by atoms with Crippen LogP contribution in [0.3, 0.4) is 0 Å². The summed E-state index contributed by atoms with van der Waals surface area (Å²) in [7, 11) is 0. The number of carboxylic acid groups (broad SMARTS) is 1. The number of imide groups is 1. The Bertz CT molecular complexity index is 756. The van der Waals surface area contributed by atoms with E-state index in [1.165, 1.54) is 12.1 Å². The normalized spacial score (nSPS) is 22.6. The summed E-state index contributed by atoms with van der Waals surface area (Å²) in [6, 6.07) is 4.64. The van der Waals surface area contributed by atoms with Crippen molar-refractivity contribution in [1.82, 2.24) is 10.2 Å². The molecule has 126 valence electrons. The molecule has 8 nitrogen and oxygen atoms in total. The molecule has 3 rings (SSSR count). The third kappa shape index (κ3) is 2.69. The first-order valence-electron chi connectivity index (χ1n) is 7.12. The number of ether oxygens (including phenoxy) is 1. The molecule has 1 fully saturated rings. The van der Waals surface area contributed by atoms with Crippen molar-refractivity contribution in [2.45, 2.75) is 12.0 Å². The van der Waals surface area contributed by atoms with Gasteiger partial charge in [-0.15, -0.1) is 0 Å². The highest BCUT2D eigenvalue weighted by Crippen LogP contribution is 2.26. The van der Waals surface area contributed by atoms with E-state index < -0.39 is 35.8 Å². The van der Waals surface area contributed by atoms with Crippen LogP contribution in [0.2, 0.25) is 0 Å². The fourth-order valence-electron chi connectivity index (χ4n) is 2.74. The molecule has 0 aromatic heterocycles. The Morgan fingerprint density at radius 3 is 2.62 bits per heavy atom. The van der Waals surface area contributed by atoms with Crippen molar-refractivity contribution in [2.24, 2.45) is 0 Å². The second kappa shape index (κ2) is 5.99. The number of hydrogen-bond donors (Lipinski definition) is 2. The highest BCUT2D eigenvalue weighted by Gasteiger charge is 2.45. The van der Waals surface area contributed by atoms with E-state index in [2.05, 4.69) is 21.2 Å². The van der Waals surface area contributed by atoms with Crippen LogP contribution >= 0.6 is 15.9 Å². The minimum Gasteiger partial charge on any atom is -0.479 e. The van der Waals surface area contributed by atoms with Gasteiger partial charge in [-0.1, -0.05) is 15.9 Å². The van der Waals surface area contributed by atoms with Gasteiger partial charge in [-0.2, -0.15) is 0 Å². The molecule has 0 saturated carbocycles. The van der Waals surface area contributed by atoms with Crippen LogP contribution in [0.25, 0.3) is 0 Å². The van der Waals surface area contributed by atoms with Crippen molar-refractivity contribution in [2.75, 3.05) is 19.8 Å². The number of aliphatic carboxylic acids is 1. The first-order chi connectivity index (χ1) is 11.3. The van der Waals surface area contributed by atoms with Crippen LogP contribution < -0.4 is 5.32 Å². The average Bonchev–Trinajstić information content (AvgIpc) is 3.08. The summed E-state index contributed by atoms with van der Waals surface area (Å²) < 4.78 is 5.69. The lowest BCUT2D eigenvalue weighted by Gasteiger charge is -2.24. The largest absolute Gasteiger partial charge is 0.479 e. The van der Waals surface area contributed by atoms with E-state index >= 15 is 0 Å². The monoisotopic (exact) mass is 396 g/mol. The van der Waals surface area contributed by atoms with E-state index in [-0.39, 0.29) is 30.8 Å². The van der Waals surface area contributed by atoms with Gasteiger partial charge >= 0.3 is 5.97 Å². The van der Waals surface area contributed by atoms with Gasteiger partial charge in [-0.3, -0.25) is 19.3 Å². The first kappa shape index (κ1) is 16.6. The lowest BCUT2D eigenvalue weighted by atomic mass is 9.99. The Morgan fingerprint density at radius 2 is 2.00 bits per heavy atom. The smallest absolute Gasteiger partial charge is 0.331 e. The molecular weight excluding hydrogens is 384 g/mol. The van der Waals surface area contributed by atoms with Crippen LogP contribution in [0.4, 0.5) is 0 Å². The third-order valence-corrected chi connectivity index (χ3v) is 4.54. The van der Waals surface area contributed by atoms with E-state index in [0.29, 0.717) is 4.47 Å². The summed E-state index contributed by atoms with van der Waals surface area (Å²) in [6.07, 6.45) is 0.128. The maximum Gasteiger partial charge on any atom is 0.331 e. The molecule has 3 amide bonds. The van der Waals surface area contributed by atoms with E-state index in [9.17, 15) is 24.3 Å². The molecule has 1 atom stereocenters. The van der Waals surface area contributed by atoms with Crippen LogP contribution in [0.1, 0.15) is 27.1 Å². The number of rotatable bonds is 4. The van der Waals surface area contributed by atoms with Gasteiger partial charge in [0.25, 0.3) is 11.8 Å². The maximum atomic E-state index is 12.3. The number of halogens is 1. The minimum atomic E-state index is -1.52. The number of nitrogens with zero attached hydrogens (tertiary/aromatic N) is 1. The fraction of sp³-hybridized carbons (Fsp3) is 0.333. The number of benzene rings is 1. The Kier molecular flexibility index (Phi) is 4.14. The second-order valence-corrected chi connectivity index (χ2v) is 6.54. The van der Waals surface area contributed by atoms with Crippen molar-refractivity contribution in [3.8, 4) is 0 Å². The third-order valence-electron chi connectivity index (χ3n) is 4.04. The van der Waals surface area contributed by atoms with Gasteiger partial charge in [0, 0.05) is 17.5 Å². The standard InChI is InChI=1S/C15H13BrN2O6/c16-8-1-2-9-10(5-8)13(21)18(12(9)20)6-11(19)17-15(14(22)23)3-4-24-7-15/h1-2,5H,3-4,6-7H2,(H,17,19)(H,22,23). The molecule has 2 aliphatic heterocycles. The molecule has 1 aromatic rings. The average molecular weight is 397 g/mol. The number of nitrogens with one attached hydrogen (secondary N) is 1. The molecular formula is C15H13BrN2O6. The van der Waals surface area contributed by atoms with Crippen molar-refractivity contribution < 1.29 is 29.0 Å². The Balaban J connectivity index is 1.75. The van der Waals surface area contributed by atoms with Gasteiger partial charge in [-0.25, -0.2) is 4.79 Å². The van der Waals surface area contributed by atoms with E-state index in [1.54, 1.807) is 6.07 Å². The first-order valence-corrected chi connectivity index (χ1v) is 7.91. The molecule has 9 heteroatoms. The molecule has 0 aliphatic carbocycles. The topological polar surface area (TPSA) is 113 Å². The van der Waals surface area contributed by atoms with Crippen LogP contribution in [-0.2, 0) is 14.3 Å². The fourth-order valence-corrected chi connectivity index (χ4v) is 3.10. The highest BCUT2D eigenvalue weighted by atomic mass is 79.9. The molecule has 1 saturated heterocycles. The summed E-state index contributed by atoms with van der Waals surface area (Å²) in [5.41, 5.74) is -1.09. The number of fused-ring (bicyclic) bond motifs is 1. The SMILES string of the molecule is O=C(CN1C(=O)c2ccc(Br)cc2C1=O)NC1(C(=O)O)CCOC1. The Morgan fingerprint density at radius 1 is 1.29 bits per heavy atom. The number of hydrogen-bond acceptors (Lipinski definition) is 5. The molecule has 0 spiro atoms. The molecule has 0 radical (unpaired) electrons. The van der Waals surface area contributed by atoms with Crippen molar-refractivity contribution >= 4 is 39.6 Å². The van der Waals surface area contributed by atoms with E-state index in [4.69, 9.17) is 4.74 Å². The Hall–Kier alpha value is -2.26. The lowest BCUT2D eigenvalue weighted by molar-refractivity contribution is -0.147. The quantitative estimate of drug-likeness (QED) is 0.712. The summed E-state index contributed by atoms with van der Waals surface area (Å²) >= 11 is 3.22. The molecule has 1 unspecified atom stereocenters. The summed E-state index contributed by atoms with van der Waals surface area (Å²) in [5, 5.41) is 11.7. The number of amides is 3. The highest BCUT2D eigenvalue weighted by molar-refractivity contribution is 9.10. The molecule has 0 bridgehead atoms. The molecule has 24 heavy (non-hydrogen) atoms. The van der Waals surface area contributed by atoms with Crippen molar-refractivity contribution in [1.29, 1.82) is 0 Å². The van der Waals surface area contributed by atoms with Gasteiger partial charge in [0.05, 0.1) is 17.7 Å². The van der Waals surface area contributed by atoms with Crippen molar-refractivity contribution in [3.63, 3.8) is 0 Å². The Labute approximate surface area is 144 Å². The van der Waals surface area contributed by atoms with Gasteiger partial charge in [0.2, 0.25) is 5.91 Å². The zero-order valence-electron chi connectivity index (χ0n) is 12.4. The van der Waals surface area contributed by atoms with Gasteiger partial charge in [-0.05, 0) is 18.2 Å². The molecule has 2 N–H and O–H groups in total. The summed E-state index contributed by atoms with van der Waals surface area (Å²) in [4.78, 5) is 49.0. The van der Waals surface area contributed by atoms with E-state index in [0.717, 1.165) is 4.90 Å². The van der Waals surface area contributed by atoms with Crippen molar-refractivity contribution in [3.05, 3.63) is 33.8 Å². The zero-order valence-corrected chi connectivity index (χ0v) is 14.0. The van der Waals surface area contributed by atoms with Crippen LogP contribution in [0.5, 0.6) is 0 Å². The molecule has 2 heterocycles. The number of carbonyl (C=O) groups is 4. The van der Waals surface area contributed by atoms with Gasteiger partial charge in [0.1, 0.15) is 6.54 Å². The number of carbonyl (C=O) groups excluding carboxylic acids is 3. The molecule has 1 aromatic carbocycles. The van der Waals surface area contributed by atoms with Gasteiger partial charge in [0.15, 0.2) is 5.54 Å². The maximum absolute atomic E-state index is 12.3. The zero-order chi connectivity index (χ0) is 17.5. The second-order valence-electron chi connectivity index (χ2n) is 5.62. The summed E-state index contributed by atoms with van der Waals surface area (Å²) in [6.45, 7) is -0.476. The predicted octanol–water partition coefficient (Wildman–Crippen LogP) is 0.405.